The zero-order valence-corrected chi connectivity index (χ0v) is 13.0. The fraction of sp³-hybridized carbons (Fsp3) is 0.562. The van der Waals surface area contributed by atoms with Crippen molar-refractivity contribution < 1.29 is 4.79 Å². The maximum absolute atomic E-state index is 12.4. The molecule has 1 N–H and O–H groups in total. The molecular formula is C16H23N5O. The second-order valence-corrected chi connectivity index (χ2v) is 6.05. The van der Waals surface area contributed by atoms with Crippen LogP contribution in [-0.4, -0.2) is 43.6 Å². The van der Waals surface area contributed by atoms with Crippen molar-refractivity contribution in [3.05, 3.63) is 36.2 Å². The van der Waals surface area contributed by atoms with E-state index in [0.717, 1.165) is 38.9 Å². The first-order valence-corrected chi connectivity index (χ1v) is 7.97. The van der Waals surface area contributed by atoms with Crippen LogP contribution in [0.25, 0.3) is 0 Å². The third kappa shape index (κ3) is 3.37. The third-order valence-corrected chi connectivity index (χ3v) is 4.42. The van der Waals surface area contributed by atoms with Crippen molar-refractivity contribution in [2.45, 2.75) is 45.1 Å². The van der Waals surface area contributed by atoms with Gasteiger partial charge < -0.3 is 9.47 Å². The number of nitrogens with one attached hydrogen (secondary N) is 1. The Labute approximate surface area is 130 Å². The molecule has 2 aromatic heterocycles. The lowest BCUT2D eigenvalue weighted by Crippen LogP contribution is -2.39. The quantitative estimate of drug-likeness (QED) is 0.919. The zero-order valence-electron chi connectivity index (χ0n) is 13.0. The van der Waals surface area contributed by atoms with Gasteiger partial charge in [0.25, 0.3) is 0 Å². The number of imidazole rings is 1. The minimum atomic E-state index is 0.266. The molecule has 6 nitrogen and oxygen atoms in total. The van der Waals surface area contributed by atoms with Gasteiger partial charge in [0, 0.05) is 50.1 Å². The normalized spacial score (nSPS) is 18.6. The molecule has 1 aliphatic rings. The topological polar surface area (TPSA) is 66.8 Å². The predicted molar refractivity (Wildman–Crippen MR) is 83.3 cm³/mol. The van der Waals surface area contributed by atoms with Crippen LogP contribution in [0.5, 0.6) is 0 Å². The molecule has 2 aromatic rings. The smallest absolute Gasteiger partial charge is 0.222 e. The van der Waals surface area contributed by atoms with Gasteiger partial charge in [-0.1, -0.05) is 0 Å². The first-order chi connectivity index (χ1) is 10.7. The Morgan fingerprint density at radius 2 is 2.41 bits per heavy atom. The summed E-state index contributed by atoms with van der Waals surface area (Å²) in [6.07, 6.45) is 11.0. The Balaban J connectivity index is 1.51. The lowest BCUT2D eigenvalue weighted by molar-refractivity contribution is -0.132. The Morgan fingerprint density at radius 3 is 3.14 bits per heavy atom. The van der Waals surface area contributed by atoms with E-state index in [0.29, 0.717) is 12.3 Å². The number of likely N-dealkylation sites (tertiary alicyclic amines) is 1. The highest BCUT2D eigenvalue weighted by molar-refractivity contribution is 5.76. The van der Waals surface area contributed by atoms with E-state index in [2.05, 4.69) is 22.1 Å². The number of aromatic amines is 1. The van der Waals surface area contributed by atoms with Crippen molar-refractivity contribution in [2.75, 3.05) is 13.1 Å². The van der Waals surface area contributed by atoms with E-state index in [1.54, 1.807) is 12.5 Å². The van der Waals surface area contributed by atoms with Crippen LogP contribution in [0.1, 0.15) is 42.9 Å². The summed E-state index contributed by atoms with van der Waals surface area (Å²) in [5, 5.41) is 7.21. The Morgan fingerprint density at radius 1 is 1.50 bits per heavy atom. The molecule has 0 bridgehead atoms. The summed E-state index contributed by atoms with van der Waals surface area (Å²) < 4.78 is 2.01. The molecule has 1 fully saturated rings. The van der Waals surface area contributed by atoms with Gasteiger partial charge >= 0.3 is 0 Å². The monoisotopic (exact) mass is 301 g/mol. The van der Waals surface area contributed by atoms with Gasteiger partial charge in [-0.15, -0.1) is 0 Å². The third-order valence-electron chi connectivity index (χ3n) is 4.42. The van der Waals surface area contributed by atoms with Crippen LogP contribution < -0.4 is 0 Å². The van der Waals surface area contributed by atoms with Crippen molar-refractivity contribution >= 4 is 5.91 Å². The van der Waals surface area contributed by atoms with Crippen molar-refractivity contribution in [1.29, 1.82) is 0 Å². The van der Waals surface area contributed by atoms with Gasteiger partial charge in [0.2, 0.25) is 5.91 Å². The summed E-state index contributed by atoms with van der Waals surface area (Å²) in [6, 6.07) is 0. The van der Waals surface area contributed by atoms with Gasteiger partial charge in [-0.25, -0.2) is 4.98 Å². The van der Waals surface area contributed by atoms with E-state index in [-0.39, 0.29) is 5.91 Å². The molecule has 3 heterocycles. The van der Waals surface area contributed by atoms with Gasteiger partial charge in [-0.05, 0) is 31.7 Å². The number of hydrogen-bond acceptors (Lipinski definition) is 3. The molecule has 0 aliphatic carbocycles. The van der Waals surface area contributed by atoms with Gasteiger partial charge in [0.1, 0.15) is 0 Å². The van der Waals surface area contributed by atoms with E-state index >= 15 is 0 Å². The van der Waals surface area contributed by atoms with Crippen molar-refractivity contribution in [3.63, 3.8) is 0 Å². The fourth-order valence-electron chi connectivity index (χ4n) is 3.20. The molecule has 1 aliphatic heterocycles. The number of hydrogen-bond donors (Lipinski definition) is 1. The average molecular weight is 301 g/mol. The van der Waals surface area contributed by atoms with E-state index in [1.165, 1.54) is 11.3 Å². The van der Waals surface area contributed by atoms with Gasteiger partial charge in [-0.3, -0.25) is 9.89 Å². The molecule has 6 heteroatoms. The molecule has 0 saturated carbocycles. The molecule has 0 unspecified atom stereocenters. The highest BCUT2D eigenvalue weighted by atomic mass is 16.2. The fourth-order valence-corrected chi connectivity index (χ4v) is 3.20. The Kier molecular flexibility index (Phi) is 4.56. The largest absolute Gasteiger partial charge is 0.342 e. The Hall–Kier alpha value is -2.11. The highest BCUT2D eigenvalue weighted by Crippen LogP contribution is 2.27. The van der Waals surface area contributed by atoms with E-state index in [1.807, 2.05) is 21.9 Å². The van der Waals surface area contributed by atoms with Crippen LogP contribution in [-0.2, 0) is 11.3 Å². The molecule has 1 atom stereocenters. The predicted octanol–water partition coefficient (Wildman–Crippen LogP) is 2.10. The molecule has 1 saturated heterocycles. The number of H-pyrrole nitrogens is 1. The van der Waals surface area contributed by atoms with Crippen LogP contribution >= 0.6 is 0 Å². The van der Waals surface area contributed by atoms with Crippen molar-refractivity contribution in [1.82, 2.24) is 24.6 Å². The number of aryl methyl sites for hydroxylation is 2. The molecule has 3 rings (SSSR count). The standard InChI is InChI=1S/C16H23N5O/c1-13-10-18-19-16(13)14-4-2-8-21(11-14)15(22)5-3-7-20-9-6-17-12-20/h6,9-10,12,14H,2-5,7-8,11H2,1H3,(H,18,19)/t14-/m0/s1. The summed E-state index contributed by atoms with van der Waals surface area (Å²) in [5.74, 6) is 0.663. The molecule has 0 aromatic carbocycles. The summed E-state index contributed by atoms with van der Waals surface area (Å²) in [5.41, 5.74) is 2.38. The van der Waals surface area contributed by atoms with Gasteiger partial charge in [-0.2, -0.15) is 5.10 Å². The summed E-state index contributed by atoms with van der Waals surface area (Å²) in [6.45, 7) is 4.62. The highest BCUT2D eigenvalue weighted by Gasteiger charge is 2.26. The van der Waals surface area contributed by atoms with Crippen molar-refractivity contribution in [2.24, 2.45) is 0 Å². The number of rotatable bonds is 5. The van der Waals surface area contributed by atoms with Gasteiger partial charge in [0.15, 0.2) is 0 Å². The first-order valence-electron chi connectivity index (χ1n) is 7.97. The minimum absolute atomic E-state index is 0.266. The Bertz CT molecular complexity index is 604. The van der Waals surface area contributed by atoms with E-state index in [9.17, 15) is 4.79 Å². The number of aromatic nitrogens is 4. The second-order valence-electron chi connectivity index (χ2n) is 6.05. The van der Waals surface area contributed by atoms with Crippen LogP contribution in [0.4, 0.5) is 0 Å². The van der Waals surface area contributed by atoms with Crippen LogP contribution in [0.2, 0.25) is 0 Å². The lowest BCUT2D eigenvalue weighted by atomic mass is 9.92. The molecule has 22 heavy (non-hydrogen) atoms. The van der Waals surface area contributed by atoms with Crippen LogP contribution in [0.15, 0.2) is 24.9 Å². The number of carbonyl (C=O) groups is 1. The maximum Gasteiger partial charge on any atom is 0.222 e. The lowest BCUT2D eigenvalue weighted by Gasteiger charge is -2.32. The molecule has 118 valence electrons. The molecule has 0 radical (unpaired) electrons. The first kappa shape index (κ1) is 14.8. The number of carbonyl (C=O) groups excluding carboxylic acids is 1. The van der Waals surface area contributed by atoms with E-state index < -0.39 is 0 Å². The van der Waals surface area contributed by atoms with E-state index in [4.69, 9.17) is 0 Å². The molecule has 1 amide bonds. The maximum atomic E-state index is 12.4. The molecular weight excluding hydrogens is 278 g/mol. The second kappa shape index (κ2) is 6.77. The number of amides is 1. The summed E-state index contributed by atoms with van der Waals surface area (Å²) in [7, 11) is 0. The van der Waals surface area contributed by atoms with Crippen molar-refractivity contribution in [3.8, 4) is 0 Å². The van der Waals surface area contributed by atoms with Gasteiger partial charge in [0.05, 0.1) is 12.5 Å². The van der Waals surface area contributed by atoms with Crippen LogP contribution in [0, 0.1) is 6.92 Å². The molecule has 0 spiro atoms. The number of piperidine rings is 1. The average Bonchev–Trinajstić information content (AvgIpc) is 3.19. The zero-order chi connectivity index (χ0) is 15.4. The number of nitrogens with zero attached hydrogens (tertiary/aromatic N) is 4. The minimum Gasteiger partial charge on any atom is -0.342 e. The SMILES string of the molecule is Cc1cn[nH]c1[C@H]1CCCN(C(=O)CCCn2ccnc2)C1. The summed E-state index contributed by atoms with van der Waals surface area (Å²) >= 11 is 0. The summed E-state index contributed by atoms with van der Waals surface area (Å²) in [4.78, 5) is 18.4. The van der Waals surface area contributed by atoms with Crippen LogP contribution in [0.3, 0.4) is 0 Å².